The molecule has 2 aromatic carbocycles. The van der Waals surface area contributed by atoms with Crippen LogP contribution in [-0.4, -0.2) is 78.1 Å². The van der Waals surface area contributed by atoms with Crippen LogP contribution in [0.4, 0.5) is 0 Å². The van der Waals surface area contributed by atoms with Crippen LogP contribution in [0.2, 0.25) is 0 Å². The predicted octanol–water partition coefficient (Wildman–Crippen LogP) is 1.81. The van der Waals surface area contributed by atoms with Crippen molar-refractivity contribution in [3.05, 3.63) is 77.4 Å². The summed E-state index contributed by atoms with van der Waals surface area (Å²) in [6, 6.07) is 16.1. The number of rotatable bonds is 11. The van der Waals surface area contributed by atoms with Gasteiger partial charge in [0.1, 0.15) is 18.0 Å². The quantitative estimate of drug-likeness (QED) is 0.411. The number of benzene rings is 2. The van der Waals surface area contributed by atoms with Gasteiger partial charge in [-0.2, -0.15) is 0 Å². The average molecular weight is 495 g/mol. The second kappa shape index (κ2) is 12.2. The lowest BCUT2D eigenvalue weighted by Crippen LogP contribution is -2.56. The Kier molecular flexibility index (Phi) is 8.74. The first-order valence-corrected chi connectivity index (χ1v) is 12.5. The monoisotopic (exact) mass is 494 g/mol. The molecule has 2 amide bonds. The number of hydrogen-bond acceptors (Lipinski definition) is 6. The molecule has 0 radical (unpaired) electrons. The fraction of sp³-hybridized carbons (Fsp3) is 0.429. The highest BCUT2D eigenvalue weighted by atomic mass is 16.5. The van der Waals surface area contributed by atoms with Crippen LogP contribution in [0.1, 0.15) is 30.4 Å². The maximum atomic E-state index is 13.6. The summed E-state index contributed by atoms with van der Waals surface area (Å²) in [7, 11) is 0. The Bertz CT molecular complexity index is 1070. The van der Waals surface area contributed by atoms with Crippen molar-refractivity contribution in [3.63, 3.8) is 0 Å². The normalized spacial score (nSPS) is 22.1. The minimum atomic E-state index is -1.04. The molecule has 36 heavy (non-hydrogen) atoms. The SMILES string of the molecule is CCOCCCN(C(=O)Cc1ccccc1)[C@@H]1C=C(C(=O)NCCO)[C@@H]2c3ccccc3O[C@@H]2[C@H]1O. The smallest absolute Gasteiger partial charge is 0.247 e. The largest absolute Gasteiger partial charge is 0.486 e. The maximum Gasteiger partial charge on any atom is 0.247 e. The molecule has 0 saturated carbocycles. The number of aliphatic hydroxyl groups excluding tert-OH is 2. The summed E-state index contributed by atoms with van der Waals surface area (Å²) >= 11 is 0. The number of carbonyl (C=O) groups excluding carboxylic acids is 2. The molecule has 0 aromatic heterocycles. The molecule has 2 aliphatic rings. The van der Waals surface area contributed by atoms with Crippen LogP contribution < -0.4 is 10.1 Å². The number of fused-ring (bicyclic) bond motifs is 3. The van der Waals surface area contributed by atoms with Crippen LogP contribution in [-0.2, 0) is 20.7 Å². The van der Waals surface area contributed by atoms with Crippen LogP contribution >= 0.6 is 0 Å². The van der Waals surface area contributed by atoms with Crippen molar-refractivity contribution in [2.45, 2.75) is 43.9 Å². The fourth-order valence-corrected chi connectivity index (χ4v) is 4.98. The van der Waals surface area contributed by atoms with Gasteiger partial charge in [-0.15, -0.1) is 0 Å². The van der Waals surface area contributed by atoms with E-state index in [1.807, 2.05) is 61.5 Å². The minimum absolute atomic E-state index is 0.105. The van der Waals surface area contributed by atoms with Gasteiger partial charge in [-0.05, 0) is 31.1 Å². The van der Waals surface area contributed by atoms with Crippen LogP contribution in [0.15, 0.2) is 66.2 Å². The number of carbonyl (C=O) groups is 2. The van der Waals surface area contributed by atoms with Crippen LogP contribution in [0, 0.1) is 0 Å². The lowest BCUT2D eigenvalue weighted by Gasteiger charge is -2.41. The Labute approximate surface area is 211 Å². The van der Waals surface area contributed by atoms with E-state index in [0.717, 1.165) is 11.1 Å². The van der Waals surface area contributed by atoms with Crippen LogP contribution in [0.25, 0.3) is 0 Å². The van der Waals surface area contributed by atoms with E-state index in [0.29, 0.717) is 37.5 Å². The fourth-order valence-electron chi connectivity index (χ4n) is 4.98. The highest BCUT2D eigenvalue weighted by molar-refractivity contribution is 5.96. The van der Waals surface area contributed by atoms with E-state index in [2.05, 4.69) is 5.32 Å². The van der Waals surface area contributed by atoms with Gasteiger partial charge in [-0.3, -0.25) is 9.59 Å². The van der Waals surface area contributed by atoms with E-state index in [1.165, 1.54) is 0 Å². The van der Waals surface area contributed by atoms with Gasteiger partial charge in [0, 0.05) is 37.4 Å². The second-order valence-electron chi connectivity index (χ2n) is 8.98. The summed E-state index contributed by atoms with van der Waals surface area (Å²) < 4.78 is 11.6. The molecule has 0 unspecified atom stereocenters. The number of hydrogen-bond donors (Lipinski definition) is 3. The third-order valence-corrected chi connectivity index (χ3v) is 6.65. The minimum Gasteiger partial charge on any atom is -0.486 e. The molecular formula is C28H34N2O6. The average Bonchev–Trinajstić information content (AvgIpc) is 3.29. The standard InChI is InChI=1S/C28H34N2O6/c1-2-35-16-8-14-30(24(32)17-19-9-4-3-5-10-19)22-18-21(28(34)29-13-15-31)25-20-11-6-7-12-23(20)36-27(25)26(22)33/h3-7,9-12,18,22,25-27,31,33H,2,8,13-17H2,1H3,(H,29,34)/t22-,25+,26+,27+/m1/s1. The maximum absolute atomic E-state index is 13.6. The number of ether oxygens (including phenoxy) is 2. The Hall–Kier alpha value is -3.20. The molecule has 1 aliphatic heterocycles. The number of nitrogens with zero attached hydrogens (tertiary/aromatic N) is 1. The van der Waals surface area contributed by atoms with Crippen molar-refractivity contribution in [2.24, 2.45) is 0 Å². The van der Waals surface area contributed by atoms with Gasteiger partial charge in [0.25, 0.3) is 0 Å². The number of para-hydroxylation sites is 1. The van der Waals surface area contributed by atoms with Gasteiger partial charge in [0.15, 0.2) is 0 Å². The highest BCUT2D eigenvalue weighted by Gasteiger charge is 2.50. The highest BCUT2D eigenvalue weighted by Crippen LogP contribution is 2.47. The molecule has 0 saturated heterocycles. The third kappa shape index (κ3) is 5.61. The van der Waals surface area contributed by atoms with Gasteiger partial charge in [-0.25, -0.2) is 0 Å². The zero-order valence-electron chi connectivity index (χ0n) is 20.5. The summed E-state index contributed by atoms with van der Waals surface area (Å²) in [5, 5.41) is 23.5. The van der Waals surface area contributed by atoms with Crippen molar-refractivity contribution >= 4 is 11.8 Å². The lowest BCUT2D eigenvalue weighted by molar-refractivity contribution is -0.136. The summed E-state index contributed by atoms with van der Waals surface area (Å²) in [5.41, 5.74) is 2.12. The van der Waals surface area contributed by atoms with Crippen molar-refractivity contribution in [3.8, 4) is 5.75 Å². The molecule has 8 heteroatoms. The summed E-state index contributed by atoms with van der Waals surface area (Å²) in [6.07, 6.45) is 0.711. The van der Waals surface area contributed by atoms with E-state index in [-0.39, 0.29) is 31.4 Å². The molecule has 4 atom stereocenters. The molecule has 1 aliphatic carbocycles. The first-order chi connectivity index (χ1) is 17.5. The molecule has 8 nitrogen and oxygen atoms in total. The Morgan fingerprint density at radius 1 is 1.11 bits per heavy atom. The van der Waals surface area contributed by atoms with Crippen molar-refractivity contribution in [1.29, 1.82) is 0 Å². The lowest BCUT2D eigenvalue weighted by atomic mass is 9.77. The summed E-state index contributed by atoms with van der Waals surface area (Å²) in [5.74, 6) is -0.352. The molecule has 2 aromatic rings. The zero-order chi connectivity index (χ0) is 25.5. The van der Waals surface area contributed by atoms with Gasteiger partial charge < -0.3 is 29.9 Å². The molecular weight excluding hydrogens is 460 g/mol. The van der Waals surface area contributed by atoms with E-state index in [9.17, 15) is 19.8 Å². The number of nitrogens with one attached hydrogen (secondary N) is 1. The first kappa shape index (κ1) is 25.9. The Morgan fingerprint density at radius 3 is 2.61 bits per heavy atom. The third-order valence-electron chi connectivity index (χ3n) is 6.65. The Balaban J connectivity index is 1.68. The van der Waals surface area contributed by atoms with Crippen molar-refractivity contribution in [2.75, 3.05) is 32.9 Å². The molecule has 3 N–H and O–H groups in total. The van der Waals surface area contributed by atoms with Crippen molar-refractivity contribution < 1.29 is 29.3 Å². The Morgan fingerprint density at radius 2 is 1.86 bits per heavy atom. The summed E-state index contributed by atoms with van der Waals surface area (Å²) in [6.45, 7) is 3.25. The first-order valence-electron chi connectivity index (χ1n) is 12.5. The van der Waals surface area contributed by atoms with E-state index >= 15 is 0 Å². The van der Waals surface area contributed by atoms with Gasteiger partial charge in [0.05, 0.1) is 25.0 Å². The van der Waals surface area contributed by atoms with Gasteiger partial charge in [0.2, 0.25) is 11.8 Å². The summed E-state index contributed by atoms with van der Waals surface area (Å²) in [4.78, 5) is 28.4. The molecule has 1 heterocycles. The van der Waals surface area contributed by atoms with Crippen LogP contribution in [0.5, 0.6) is 5.75 Å². The molecule has 0 fully saturated rings. The molecule has 192 valence electrons. The predicted molar refractivity (Wildman–Crippen MR) is 135 cm³/mol. The van der Waals surface area contributed by atoms with E-state index in [1.54, 1.807) is 11.0 Å². The van der Waals surface area contributed by atoms with E-state index < -0.39 is 24.2 Å². The molecule has 4 rings (SSSR count). The molecule has 0 spiro atoms. The second-order valence-corrected chi connectivity index (χ2v) is 8.98. The number of amides is 2. The zero-order valence-corrected chi connectivity index (χ0v) is 20.5. The topological polar surface area (TPSA) is 108 Å². The number of aliphatic hydroxyl groups is 2. The van der Waals surface area contributed by atoms with Gasteiger partial charge in [-0.1, -0.05) is 48.5 Å². The van der Waals surface area contributed by atoms with Gasteiger partial charge >= 0.3 is 0 Å². The van der Waals surface area contributed by atoms with E-state index in [4.69, 9.17) is 9.47 Å². The van der Waals surface area contributed by atoms with Crippen LogP contribution in [0.3, 0.4) is 0 Å². The van der Waals surface area contributed by atoms with Crippen molar-refractivity contribution in [1.82, 2.24) is 10.2 Å². The molecule has 0 bridgehead atoms.